The Morgan fingerprint density at radius 3 is 2.00 bits per heavy atom. The van der Waals surface area contributed by atoms with Crippen LogP contribution in [0.5, 0.6) is 0 Å². The molecular formula is C25H22N2O6. The Kier molecular flexibility index (Phi) is 6.37. The molecule has 0 saturated carbocycles. The summed E-state index contributed by atoms with van der Waals surface area (Å²) >= 11 is 0. The van der Waals surface area contributed by atoms with Crippen LogP contribution in [0.2, 0.25) is 0 Å². The topological polar surface area (TPSA) is 125 Å². The molecule has 1 aliphatic carbocycles. The van der Waals surface area contributed by atoms with E-state index in [1.54, 1.807) is 0 Å². The maximum atomic E-state index is 12.4. The van der Waals surface area contributed by atoms with Crippen LogP contribution in [0.4, 0.5) is 10.5 Å². The molecule has 0 aromatic heterocycles. The molecule has 3 aromatic carbocycles. The molecule has 0 fully saturated rings. The summed E-state index contributed by atoms with van der Waals surface area (Å²) < 4.78 is 5.49. The van der Waals surface area contributed by atoms with Crippen molar-refractivity contribution in [2.75, 3.05) is 18.5 Å². The number of rotatable bonds is 7. The van der Waals surface area contributed by atoms with Crippen LogP contribution in [0, 0.1) is 0 Å². The van der Waals surface area contributed by atoms with Crippen LogP contribution in [0.1, 0.15) is 27.4 Å². The summed E-state index contributed by atoms with van der Waals surface area (Å²) in [4.78, 5) is 35.4. The van der Waals surface area contributed by atoms with Gasteiger partial charge in [0.15, 0.2) is 6.04 Å². The minimum absolute atomic E-state index is 0.0528. The second kappa shape index (κ2) is 9.54. The van der Waals surface area contributed by atoms with E-state index in [-0.39, 0.29) is 18.1 Å². The summed E-state index contributed by atoms with van der Waals surface area (Å²) in [6, 6.07) is 20.6. The molecule has 0 bridgehead atoms. The molecule has 0 heterocycles. The van der Waals surface area contributed by atoms with Crippen molar-refractivity contribution in [1.29, 1.82) is 0 Å². The van der Waals surface area contributed by atoms with Gasteiger partial charge < -0.3 is 20.3 Å². The normalized spacial score (nSPS) is 12.9. The molecule has 0 unspecified atom stereocenters. The molecule has 1 aliphatic rings. The number of aliphatic hydroxyl groups excluding tert-OH is 1. The van der Waals surface area contributed by atoms with E-state index in [0.717, 1.165) is 22.3 Å². The fourth-order valence-electron chi connectivity index (χ4n) is 3.88. The lowest BCUT2D eigenvalue weighted by molar-refractivity contribution is -0.140. The highest BCUT2D eigenvalue weighted by Gasteiger charge is 2.29. The zero-order chi connectivity index (χ0) is 23.4. The van der Waals surface area contributed by atoms with Crippen molar-refractivity contribution >= 4 is 23.7 Å². The fourth-order valence-corrected chi connectivity index (χ4v) is 3.88. The molecule has 0 saturated heterocycles. The van der Waals surface area contributed by atoms with Crippen LogP contribution in [-0.4, -0.2) is 47.4 Å². The molecule has 8 heteroatoms. The summed E-state index contributed by atoms with van der Waals surface area (Å²) in [5, 5.41) is 22.8. The van der Waals surface area contributed by atoms with Gasteiger partial charge in [-0.1, -0.05) is 48.5 Å². The van der Waals surface area contributed by atoms with Crippen molar-refractivity contribution in [2.24, 2.45) is 0 Å². The van der Waals surface area contributed by atoms with Gasteiger partial charge in [-0.2, -0.15) is 0 Å². The van der Waals surface area contributed by atoms with Gasteiger partial charge in [0, 0.05) is 17.2 Å². The highest BCUT2D eigenvalue weighted by atomic mass is 16.5. The monoisotopic (exact) mass is 446 g/mol. The van der Waals surface area contributed by atoms with Gasteiger partial charge in [0.1, 0.15) is 6.61 Å². The van der Waals surface area contributed by atoms with Gasteiger partial charge in [0.05, 0.1) is 6.61 Å². The molecule has 2 amide bonds. The summed E-state index contributed by atoms with van der Waals surface area (Å²) in [5.41, 5.74) is 5.12. The average Bonchev–Trinajstić information content (AvgIpc) is 3.15. The highest BCUT2D eigenvalue weighted by Crippen LogP contribution is 2.44. The number of carbonyl (C=O) groups excluding carboxylic acids is 2. The van der Waals surface area contributed by atoms with E-state index in [1.165, 1.54) is 24.3 Å². The van der Waals surface area contributed by atoms with Crippen molar-refractivity contribution in [2.45, 2.75) is 12.0 Å². The van der Waals surface area contributed by atoms with Crippen LogP contribution in [0.3, 0.4) is 0 Å². The Hall–Kier alpha value is -4.17. The first-order valence-electron chi connectivity index (χ1n) is 10.3. The van der Waals surface area contributed by atoms with Crippen molar-refractivity contribution in [3.8, 4) is 11.1 Å². The molecule has 8 nitrogen and oxygen atoms in total. The van der Waals surface area contributed by atoms with Gasteiger partial charge in [0.25, 0.3) is 5.91 Å². The third-order valence-electron chi connectivity index (χ3n) is 5.52. The molecule has 1 atom stereocenters. The summed E-state index contributed by atoms with van der Waals surface area (Å²) in [5.74, 6) is -2.04. The van der Waals surface area contributed by atoms with Gasteiger partial charge in [-0.15, -0.1) is 0 Å². The fraction of sp³-hybridized carbons (Fsp3) is 0.160. The van der Waals surface area contributed by atoms with Crippen LogP contribution in [0.15, 0.2) is 72.8 Å². The SMILES string of the molecule is O=C(Nc1ccc(C(=O)N[C@@H](CO)C(=O)O)cc1)OCC1c2ccccc2-c2ccccc21. The number of hydrogen-bond donors (Lipinski definition) is 4. The number of aliphatic hydroxyl groups is 1. The van der Waals surface area contributed by atoms with E-state index in [0.29, 0.717) is 5.69 Å². The Morgan fingerprint density at radius 2 is 1.45 bits per heavy atom. The Morgan fingerprint density at radius 1 is 0.879 bits per heavy atom. The first-order valence-corrected chi connectivity index (χ1v) is 10.3. The predicted molar refractivity (Wildman–Crippen MR) is 121 cm³/mol. The molecule has 33 heavy (non-hydrogen) atoms. The number of carbonyl (C=O) groups is 3. The number of fused-ring (bicyclic) bond motifs is 3. The van der Waals surface area contributed by atoms with Gasteiger partial charge >= 0.3 is 12.1 Å². The zero-order valence-electron chi connectivity index (χ0n) is 17.5. The number of amides is 2. The molecular weight excluding hydrogens is 424 g/mol. The van der Waals surface area contributed by atoms with E-state index in [4.69, 9.17) is 14.9 Å². The quantitative estimate of drug-likeness (QED) is 0.442. The van der Waals surface area contributed by atoms with Gasteiger partial charge in [-0.3, -0.25) is 10.1 Å². The molecule has 4 N–H and O–H groups in total. The van der Waals surface area contributed by atoms with Crippen LogP contribution >= 0.6 is 0 Å². The lowest BCUT2D eigenvalue weighted by Gasteiger charge is -2.15. The summed E-state index contributed by atoms with van der Waals surface area (Å²) in [6.45, 7) is -0.541. The molecule has 3 aromatic rings. The first-order chi connectivity index (χ1) is 16.0. The van der Waals surface area contributed by atoms with Crippen molar-refractivity contribution < 1.29 is 29.3 Å². The van der Waals surface area contributed by atoms with E-state index in [2.05, 4.69) is 22.8 Å². The van der Waals surface area contributed by atoms with E-state index in [1.807, 2.05) is 36.4 Å². The van der Waals surface area contributed by atoms with Crippen LogP contribution in [-0.2, 0) is 9.53 Å². The molecule has 0 radical (unpaired) electrons. The molecule has 0 spiro atoms. The number of carboxylic acids is 1. The number of anilines is 1. The number of nitrogens with one attached hydrogen (secondary N) is 2. The predicted octanol–water partition coefficient (Wildman–Crippen LogP) is 3.22. The third-order valence-corrected chi connectivity index (χ3v) is 5.52. The average molecular weight is 446 g/mol. The highest BCUT2D eigenvalue weighted by molar-refractivity contribution is 5.97. The van der Waals surface area contributed by atoms with Gasteiger partial charge in [-0.05, 0) is 46.5 Å². The van der Waals surface area contributed by atoms with Gasteiger partial charge in [0.2, 0.25) is 0 Å². The minimum Gasteiger partial charge on any atom is -0.480 e. The first kappa shape index (κ1) is 22.0. The summed E-state index contributed by atoms with van der Waals surface area (Å²) in [6.07, 6.45) is -0.625. The second-order valence-corrected chi connectivity index (χ2v) is 7.57. The number of benzene rings is 3. The lowest BCUT2D eigenvalue weighted by Crippen LogP contribution is -2.43. The third kappa shape index (κ3) is 4.70. The summed E-state index contributed by atoms with van der Waals surface area (Å²) in [7, 11) is 0. The zero-order valence-corrected chi connectivity index (χ0v) is 17.5. The van der Waals surface area contributed by atoms with Crippen molar-refractivity contribution in [3.63, 3.8) is 0 Å². The van der Waals surface area contributed by atoms with Crippen LogP contribution in [0.25, 0.3) is 11.1 Å². The number of aliphatic carboxylic acids is 1. The number of carboxylic acid groups (broad SMARTS) is 1. The number of hydrogen-bond acceptors (Lipinski definition) is 5. The van der Waals surface area contributed by atoms with E-state index >= 15 is 0 Å². The molecule has 168 valence electrons. The molecule has 4 rings (SSSR count). The second-order valence-electron chi connectivity index (χ2n) is 7.57. The maximum Gasteiger partial charge on any atom is 0.411 e. The Balaban J connectivity index is 1.36. The number of ether oxygens (including phenoxy) is 1. The van der Waals surface area contributed by atoms with E-state index in [9.17, 15) is 14.4 Å². The van der Waals surface area contributed by atoms with Crippen LogP contribution < -0.4 is 10.6 Å². The van der Waals surface area contributed by atoms with Gasteiger partial charge in [-0.25, -0.2) is 9.59 Å². The van der Waals surface area contributed by atoms with E-state index < -0.39 is 30.6 Å². The van der Waals surface area contributed by atoms with Crippen molar-refractivity contribution in [3.05, 3.63) is 89.5 Å². The lowest BCUT2D eigenvalue weighted by atomic mass is 9.98. The van der Waals surface area contributed by atoms with Crippen molar-refractivity contribution in [1.82, 2.24) is 5.32 Å². The largest absolute Gasteiger partial charge is 0.480 e. The smallest absolute Gasteiger partial charge is 0.411 e. The molecule has 0 aliphatic heterocycles. The minimum atomic E-state index is -1.39. The maximum absolute atomic E-state index is 12.4. The standard InChI is InChI=1S/C25H22N2O6/c28-13-22(24(30)31)27-23(29)15-9-11-16(12-10-15)26-25(32)33-14-21-19-7-3-1-5-17(19)18-6-2-4-8-20(18)21/h1-12,21-22,28H,13-14H2,(H,26,32)(H,27,29)(H,30,31)/t22-/m0/s1. The Bertz CT molecular complexity index is 1150. The Labute approximate surface area is 189 Å².